The molecular formula is C34H47N3O6. The fourth-order valence-corrected chi connectivity index (χ4v) is 7.98. The molecule has 234 valence electrons. The highest BCUT2D eigenvalue weighted by Crippen LogP contribution is 2.59. The number of amides is 3. The van der Waals surface area contributed by atoms with E-state index >= 15 is 0 Å². The maximum Gasteiger partial charge on any atom is 0.248 e. The summed E-state index contributed by atoms with van der Waals surface area (Å²) in [4.78, 5) is 48.6. The Bertz CT molecular complexity index is 1180. The molecule has 9 heteroatoms. The lowest BCUT2D eigenvalue weighted by Gasteiger charge is -2.40. The lowest BCUT2D eigenvalue weighted by molar-refractivity contribution is -0.150. The van der Waals surface area contributed by atoms with Gasteiger partial charge in [0.25, 0.3) is 0 Å². The number of anilines is 1. The van der Waals surface area contributed by atoms with Crippen LogP contribution in [0.5, 0.6) is 5.75 Å². The van der Waals surface area contributed by atoms with Gasteiger partial charge in [0.2, 0.25) is 17.7 Å². The number of aliphatic hydroxyl groups is 1. The highest BCUT2D eigenvalue weighted by Gasteiger charge is 2.75. The minimum atomic E-state index is -1.05. The number of carbonyl (C=O) groups excluding carboxylic acids is 3. The van der Waals surface area contributed by atoms with E-state index in [1.165, 1.54) is 0 Å². The van der Waals surface area contributed by atoms with Crippen LogP contribution in [0.15, 0.2) is 49.6 Å². The van der Waals surface area contributed by atoms with Crippen molar-refractivity contribution in [2.75, 3.05) is 37.7 Å². The molecule has 3 amide bonds. The fourth-order valence-electron chi connectivity index (χ4n) is 7.98. The second-order valence-electron chi connectivity index (χ2n) is 12.3. The zero-order valence-electron chi connectivity index (χ0n) is 25.5. The Labute approximate surface area is 255 Å². The van der Waals surface area contributed by atoms with E-state index in [0.29, 0.717) is 56.8 Å². The van der Waals surface area contributed by atoms with E-state index in [1.54, 1.807) is 22.0 Å². The second-order valence-corrected chi connectivity index (χ2v) is 12.3. The summed E-state index contributed by atoms with van der Waals surface area (Å²) in [6.45, 7) is 11.3. The monoisotopic (exact) mass is 593 g/mol. The molecule has 9 nitrogen and oxygen atoms in total. The first-order chi connectivity index (χ1) is 20.9. The summed E-state index contributed by atoms with van der Waals surface area (Å²) in [6.07, 6.45) is 10.4. The number of hydrogen-bond donors (Lipinski definition) is 1. The van der Waals surface area contributed by atoms with Crippen LogP contribution in [0, 0.1) is 11.8 Å². The molecular weight excluding hydrogens is 546 g/mol. The summed E-state index contributed by atoms with van der Waals surface area (Å²) in [5.74, 6) is -1.21. The number of ether oxygens (including phenoxy) is 2. The Hall–Kier alpha value is -3.17. The van der Waals surface area contributed by atoms with Gasteiger partial charge in [0.1, 0.15) is 17.4 Å². The smallest absolute Gasteiger partial charge is 0.248 e. The molecule has 3 heterocycles. The van der Waals surface area contributed by atoms with Crippen molar-refractivity contribution in [1.29, 1.82) is 0 Å². The van der Waals surface area contributed by atoms with Gasteiger partial charge in [-0.25, -0.2) is 0 Å². The molecule has 1 aromatic carbocycles. The number of carbonyl (C=O) groups is 3. The van der Waals surface area contributed by atoms with E-state index in [2.05, 4.69) is 13.2 Å². The predicted octanol–water partition coefficient (Wildman–Crippen LogP) is 4.10. The third kappa shape index (κ3) is 5.74. The fraction of sp³-hybridized carbons (Fsp3) is 0.618. The summed E-state index contributed by atoms with van der Waals surface area (Å²) in [5, 5.41) is 9.48. The molecule has 1 N–H and O–H groups in total. The normalized spacial score (nSPS) is 28.0. The molecule has 1 aliphatic carbocycles. The predicted molar refractivity (Wildman–Crippen MR) is 165 cm³/mol. The molecule has 2 bridgehead atoms. The molecule has 4 fully saturated rings. The number of unbranched alkanes of at least 4 members (excludes halogenated alkanes) is 1. The Kier molecular flexibility index (Phi) is 9.92. The van der Waals surface area contributed by atoms with Gasteiger partial charge in [0.05, 0.1) is 24.5 Å². The van der Waals surface area contributed by atoms with Crippen LogP contribution in [0.3, 0.4) is 0 Å². The van der Waals surface area contributed by atoms with Gasteiger partial charge >= 0.3 is 0 Å². The highest BCUT2D eigenvalue weighted by molar-refractivity contribution is 6.03. The number of rotatable bonds is 14. The molecule has 2 unspecified atom stereocenters. The molecule has 0 aromatic heterocycles. The largest absolute Gasteiger partial charge is 0.494 e. The average Bonchev–Trinajstić information content (AvgIpc) is 3.67. The van der Waals surface area contributed by atoms with Gasteiger partial charge in [0.15, 0.2) is 0 Å². The van der Waals surface area contributed by atoms with Gasteiger partial charge in [-0.05, 0) is 69.7 Å². The maximum atomic E-state index is 14.6. The summed E-state index contributed by atoms with van der Waals surface area (Å²) in [5.41, 5.74) is -0.358. The van der Waals surface area contributed by atoms with Gasteiger partial charge < -0.3 is 29.3 Å². The van der Waals surface area contributed by atoms with E-state index in [0.717, 1.165) is 32.1 Å². The zero-order chi connectivity index (χ0) is 30.6. The van der Waals surface area contributed by atoms with Crippen LogP contribution in [-0.2, 0) is 19.1 Å². The number of likely N-dealkylation sites (tertiary alicyclic amines) is 1. The summed E-state index contributed by atoms with van der Waals surface area (Å²) in [7, 11) is 0. The SMILES string of the molecule is C=CCN(C(=O)[C@@H]1[C@@H]2CCC3(O2)C(C(=O)N(CC=C)C2CCCCC2)N(CCCCO)C(=O)[C@H]13)c1ccc(OCC)cc1. The molecule has 0 radical (unpaired) electrons. The van der Waals surface area contributed by atoms with Crippen LogP contribution in [0.25, 0.3) is 0 Å². The van der Waals surface area contributed by atoms with E-state index < -0.39 is 29.6 Å². The Morgan fingerprint density at radius 1 is 1.07 bits per heavy atom. The lowest BCUT2D eigenvalue weighted by atomic mass is 9.70. The number of fused-ring (bicyclic) bond motifs is 1. The van der Waals surface area contributed by atoms with Crippen LogP contribution in [0.4, 0.5) is 5.69 Å². The van der Waals surface area contributed by atoms with E-state index in [9.17, 15) is 19.5 Å². The van der Waals surface area contributed by atoms with Crippen molar-refractivity contribution in [1.82, 2.24) is 9.80 Å². The van der Waals surface area contributed by atoms with Crippen molar-refractivity contribution < 1.29 is 29.0 Å². The topological polar surface area (TPSA) is 99.6 Å². The standard InChI is InChI=1S/C34H47N3O6/c1-4-20-35(25-14-16-26(17-15-25)42-6-3)31(39)28-27-18-19-34(43-27)29(28)32(40)37(22-10-11-23-38)30(34)33(41)36(21-5-2)24-12-8-7-9-13-24/h4-5,14-17,24,27-30,38H,1-2,6-13,18-23H2,3H3/t27-,28+,29-,30?,34?/m0/s1. The van der Waals surface area contributed by atoms with Crippen molar-refractivity contribution in [2.24, 2.45) is 11.8 Å². The van der Waals surface area contributed by atoms with Gasteiger partial charge in [-0.1, -0.05) is 31.4 Å². The molecule has 1 aromatic rings. The van der Waals surface area contributed by atoms with Crippen LogP contribution >= 0.6 is 0 Å². The molecule has 1 saturated carbocycles. The van der Waals surface area contributed by atoms with Gasteiger partial charge in [-0.15, -0.1) is 13.2 Å². The zero-order valence-corrected chi connectivity index (χ0v) is 25.5. The third-order valence-corrected chi connectivity index (χ3v) is 9.79. The van der Waals surface area contributed by atoms with E-state index in [1.807, 2.05) is 36.1 Å². The van der Waals surface area contributed by atoms with Gasteiger partial charge in [0, 0.05) is 38.0 Å². The van der Waals surface area contributed by atoms with Crippen molar-refractivity contribution in [3.63, 3.8) is 0 Å². The van der Waals surface area contributed by atoms with Crippen molar-refractivity contribution in [2.45, 2.75) is 88.5 Å². The minimum absolute atomic E-state index is 0.0121. The van der Waals surface area contributed by atoms with Crippen LogP contribution in [-0.4, -0.2) is 89.3 Å². The molecule has 5 atom stereocenters. The van der Waals surface area contributed by atoms with Crippen molar-refractivity contribution in [3.8, 4) is 5.75 Å². The first kappa shape index (κ1) is 31.3. The van der Waals surface area contributed by atoms with Gasteiger partial charge in [-0.3, -0.25) is 14.4 Å². The first-order valence-corrected chi connectivity index (χ1v) is 16.1. The number of hydrogen-bond acceptors (Lipinski definition) is 6. The second kappa shape index (κ2) is 13.6. The van der Waals surface area contributed by atoms with Crippen LogP contribution < -0.4 is 9.64 Å². The van der Waals surface area contributed by atoms with Crippen LogP contribution in [0.1, 0.15) is 64.7 Å². The Morgan fingerprint density at radius 2 is 1.79 bits per heavy atom. The van der Waals surface area contributed by atoms with Crippen molar-refractivity contribution in [3.05, 3.63) is 49.6 Å². The molecule has 5 rings (SSSR count). The van der Waals surface area contributed by atoms with E-state index in [4.69, 9.17) is 9.47 Å². The Balaban J connectivity index is 1.49. The molecule has 1 spiro atoms. The average molecular weight is 594 g/mol. The molecule has 3 saturated heterocycles. The molecule has 43 heavy (non-hydrogen) atoms. The van der Waals surface area contributed by atoms with Crippen molar-refractivity contribution >= 4 is 23.4 Å². The number of nitrogens with zero attached hydrogens (tertiary/aromatic N) is 3. The first-order valence-electron chi connectivity index (χ1n) is 16.1. The third-order valence-electron chi connectivity index (χ3n) is 9.79. The summed E-state index contributed by atoms with van der Waals surface area (Å²) < 4.78 is 12.3. The molecule has 3 aliphatic heterocycles. The van der Waals surface area contributed by atoms with E-state index in [-0.39, 0.29) is 36.9 Å². The van der Waals surface area contributed by atoms with Gasteiger partial charge in [-0.2, -0.15) is 0 Å². The number of benzene rings is 1. The Morgan fingerprint density at radius 3 is 2.44 bits per heavy atom. The highest BCUT2D eigenvalue weighted by atomic mass is 16.5. The van der Waals surface area contributed by atoms with Crippen LogP contribution in [0.2, 0.25) is 0 Å². The lowest BCUT2D eigenvalue weighted by Crippen LogP contribution is -2.58. The molecule has 4 aliphatic rings. The number of aliphatic hydroxyl groups excluding tert-OH is 1. The summed E-state index contributed by atoms with van der Waals surface area (Å²) >= 11 is 0. The minimum Gasteiger partial charge on any atom is -0.494 e. The summed E-state index contributed by atoms with van der Waals surface area (Å²) in [6, 6.07) is 6.65. The quantitative estimate of drug-likeness (QED) is 0.258. The maximum absolute atomic E-state index is 14.6.